The van der Waals surface area contributed by atoms with Crippen LogP contribution < -0.4 is 5.11 Å². The molecule has 0 saturated heterocycles. The fraction of sp³-hybridized carbons (Fsp3) is 0.667. The molecule has 0 aromatic rings. The fourth-order valence-electron chi connectivity index (χ4n) is 0.645. The van der Waals surface area contributed by atoms with Crippen LogP contribution in [0.1, 0.15) is 19.8 Å². The third-order valence-corrected chi connectivity index (χ3v) is 1.15. The van der Waals surface area contributed by atoms with Crippen molar-refractivity contribution in [2.24, 2.45) is 11.1 Å². The van der Waals surface area contributed by atoms with Crippen LogP contribution in [0.3, 0.4) is 0 Å². The molecule has 10 heavy (non-hydrogen) atoms. The van der Waals surface area contributed by atoms with Crippen molar-refractivity contribution in [1.29, 1.82) is 0 Å². The number of carbonyl (C=O) groups excluding carboxylic acids is 1. The molecule has 0 aliphatic carbocycles. The Hall–Kier alpha value is -1.06. The maximum Gasteiger partial charge on any atom is 0.0522 e. The molecule has 4 heteroatoms. The van der Waals surface area contributed by atoms with E-state index in [1.165, 1.54) is 0 Å². The molecule has 0 bridgehead atoms. The Morgan fingerprint density at radius 3 is 2.80 bits per heavy atom. The Labute approximate surface area is 59.2 Å². The van der Waals surface area contributed by atoms with Gasteiger partial charge in [0.15, 0.2) is 0 Å². The molecule has 0 aliphatic heterocycles. The van der Waals surface area contributed by atoms with Crippen molar-refractivity contribution >= 4 is 12.2 Å². The summed E-state index contributed by atoms with van der Waals surface area (Å²) in [5, 5.41) is 20.8. The molecule has 0 spiro atoms. The zero-order chi connectivity index (χ0) is 7.98. The molecule has 4 nitrogen and oxygen atoms in total. The average Bonchev–Trinajstić information content (AvgIpc) is 1.87. The molecule has 0 rings (SSSR count). The highest BCUT2D eigenvalue weighted by molar-refractivity contribution is 5.86. The van der Waals surface area contributed by atoms with Crippen molar-refractivity contribution in [3.8, 4) is 0 Å². The smallest absolute Gasteiger partial charge is 0.0522 e. The Morgan fingerprint density at radius 1 is 1.90 bits per heavy atom. The first-order valence-corrected chi connectivity index (χ1v) is 3.10. The molecular weight excluding hydrogens is 134 g/mol. The second-order valence-electron chi connectivity index (χ2n) is 1.98. The second-order valence-corrected chi connectivity index (χ2v) is 1.98. The first-order valence-electron chi connectivity index (χ1n) is 3.10. The molecule has 0 aliphatic rings. The normalized spacial score (nSPS) is 13.7. The number of carbonyl (C=O) groups is 1. The van der Waals surface area contributed by atoms with Gasteiger partial charge in [-0.25, -0.2) is 0 Å². The molecule has 0 aromatic carbocycles. The van der Waals surface area contributed by atoms with Crippen LogP contribution in [0.5, 0.6) is 0 Å². The van der Waals surface area contributed by atoms with Gasteiger partial charge in [0, 0.05) is 11.9 Å². The Balaban J connectivity index is 3.85. The maximum absolute atomic E-state index is 10.2. The van der Waals surface area contributed by atoms with Crippen molar-refractivity contribution < 1.29 is 15.1 Å². The SMILES string of the molecule is CCCC(C=NO)C(=O)[O-]. The van der Waals surface area contributed by atoms with Crippen molar-refractivity contribution in [3.05, 3.63) is 0 Å². The van der Waals surface area contributed by atoms with Gasteiger partial charge in [0.1, 0.15) is 0 Å². The first-order chi connectivity index (χ1) is 4.72. The van der Waals surface area contributed by atoms with Gasteiger partial charge in [-0.1, -0.05) is 13.3 Å². The van der Waals surface area contributed by atoms with E-state index in [9.17, 15) is 9.90 Å². The van der Waals surface area contributed by atoms with E-state index in [1.807, 2.05) is 6.92 Å². The zero-order valence-corrected chi connectivity index (χ0v) is 5.78. The van der Waals surface area contributed by atoms with Gasteiger partial charge in [-0.2, -0.15) is 0 Å². The summed E-state index contributed by atoms with van der Waals surface area (Å²) in [6.45, 7) is 1.85. The van der Waals surface area contributed by atoms with Gasteiger partial charge in [0.05, 0.1) is 6.21 Å². The van der Waals surface area contributed by atoms with Crippen LogP contribution in [0, 0.1) is 5.92 Å². The minimum atomic E-state index is -1.19. The van der Waals surface area contributed by atoms with Gasteiger partial charge >= 0.3 is 0 Å². The molecule has 1 N–H and O–H groups in total. The summed E-state index contributed by atoms with van der Waals surface area (Å²) < 4.78 is 0. The number of oxime groups is 1. The summed E-state index contributed by atoms with van der Waals surface area (Å²) >= 11 is 0. The predicted molar refractivity (Wildman–Crippen MR) is 33.7 cm³/mol. The monoisotopic (exact) mass is 144 g/mol. The van der Waals surface area contributed by atoms with Crippen LogP contribution in [-0.4, -0.2) is 17.4 Å². The summed E-state index contributed by atoms with van der Waals surface area (Å²) in [6.07, 6.45) is 2.15. The van der Waals surface area contributed by atoms with Crippen molar-refractivity contribution in [1.82, 2.24) is 0 Å². The number of rotatable bonds is 4. The van der Waals surface area contributed by atoms with Crippen molar-refractivity contribution in [3.63, 3.8) is 0 Å². The van der Waals surface area contributed by atoms with E-state index in [2.05, 4.69) is 5.16 Å². The molecule has 58 valence electrons. The maximum atomic E-state index is 10.2. The number of carboxylic acid groups (broad SMARTS) is 1. The number of aliphatic carboxylic acids is 1. The summed E-state index contributed by atoms with van der Waals surface area (Å²) in [5.41, 5.74) is 0. The highest BCUT2D eigenvalue weighted by Crippen LogP contribution is 2.01. The van der Waals surface area contributed by atoms with Gasteiger partial charge in [-0.3, -0.25) is 0 Å². The zero-order valence-electron chi connectivity index (χ0n) is 5.78. The van der Waals surface area contributed by atoms with E-state index in [1.54, 1.807) is 0 Å². The third kappa shape index (κ3) is 3.06. The molecule has 1 atom stereocenters. The lowest BCUT2D eigenvalue weighted by atomic mass is 10.1. The predicted octanol–water partition coefficient (Wildman–Crippen LogP) is -0.387. The minimum Gasteiger partial charge on any atom is -0.549 e. The van der Waals surface area contributed by atoms with Crippen LogP contribution in [0.25, 0.3) is 0 Å². The molecule has 1 unspecified atom stereocenters. The van der Waals surface area contributed by atoms with Crippen molar-refractivity contribution in [2.75, 3.05) is 0 Å². The van der Waals surface area contributed by atoms with Crippen LogP contribution in [0.2, 0.25) is 0 Å². The van der Waals surface area contributed by atoms with Crippen LogP contribution in [0.4, 0.5) is 0 Å². The molecular formula is C6H10NO3-. The lowest BCUT2D eigenvalue weighted by molar-refractivity contribution is -0.308. The highest BCUT2D eigenvalue weighted by Gasteiger charge is 2.04. The van der Waals surface area contributed by atoms with Crippen molar-refractivity contribution in [2.45, 2.75) is 19.8 Å². The molecule has 0 fully saturated rings. The molecule has 0 saturated carbocycles. The summed E-state index contributed by atoms with van der Waals surface area (Å²) in [5.74, 6) is -1.95. The minimum absolute atomic E-state index is 0.451. The standard InChI is InChI=1S/C6H11NO3/c1-2-3-5(4-7-10)6(8)9/h4-5,10H,2-3H2,1H3,(H,8,9)/p-1. The Bertz CT molecular complexity index is 133. The number of nitrogens with zero attached hydrogens (tertiary/aromatic N) is 1. The number of hydrogen-bond acceptors (Lipinski definition) is 4. The van der Waals surface area contributed by atoms with Crippen LogP contribution in [-0.2, 0) is 4.79 Å². The van der Waals surface area contributed by atoms with Crippen LogP contribution >= 0.6 is 0 Å². The van der Waals surface area contributed by atoms with Gasteiger partial charge in [-0.05, 0) is 6.42 Å². The summed E-state index contributed by atoms with van der Waals surface area (Å²) in [4.78, 5) is 10.2. The summed E-state index contributed by atoms with van der Waals surface area (Å²) in [6, 6.07) is 0. The van der Waals surface area contributed by atoms with E-state index in [-0.39, 0.29) is 0 Å². The molecule has 0 amide bonds. The molecule has 0 aromatic heterocycles. The molecule has 0 heterocycles. The Kier molecular flexibility index (Phi) is 4.28. The number of carboxylic acids is 1. The fourth-order valence-corrected chi connectivity index (χ4v) is 0.645. The lowest BCUT2D eigenvalue weighted by Gasteiger charge is -2.09. The quantitative estimate of drug-likeness (QED) is 0.332. The number of hydrogen-bond donors (Lipinski definition) is 1. The highest BCUT2D eigenvalue weighted by atomic mass is 16.4. The van der Waals surface area contributed by atoms with Gasteiger partial charge in [0.25, 0.3) is 0 Å². The summed E-state index contributed by atoms with van der Waals surface area (Å²) in [7, 11) is 0. The first kappa shape index (κ1) is 8.94. The van der Waals surface area contributed by atoms with Gasteiger partial charge < -0.3 is 15.1 Å². The van der Waals surface area contributed by atoms with E-state index >= 15 is 0 Å². The third-order valence-electron chi connectivity index (χ3n) is 1.15. The van der Waals surface area contributed by atoms with Gasteiger partial charge in [0.2, 0.25) is 0 Å². The van der Waals surface area contributed by atoms with Gasteiger partial charge in [-0.15, -0.1) is 5.16 Å². The molecule has 0 radical (unpaired) electrons. The topological polar surface area (TPSA) is 72.7 Å². The average molecular weight is 144 g/mol. The second kappa shape index (κ2) is 4.78. The van der Waals surface area contributed by atoms with E-state index in [0.717, 1.165) is 12.6 Å². The van der Waals surface area contributed by atoms with E-state index in [0.29, 0.717) is 6.42 Å². The van der Waals surface area contributed by atoms with E-state index in [4.69, 9.17) is 5.21 Å². The van der Waals surface area contributed by atoms with Crippen LogP contribution in [0.15, 0.2) is 5.16 Å². The lowest BCUT2D eigenvalue weighted by Crippen LogP contribution is -2.32. The Morgan fingerprint density at radius 2 is 2.50 bits per heavy atom. The largest absolute Gasteiger partial charge is 0.549 e. The van der Waals surface area contributed by atoms with E-state index < -0.39 is 11.9 Å².